The van der Waals surface area contributed by atoms with Crippen LogP contribution in [0.25, 0.3) is 0 Å². The van der Waals surface area contributed by atoms with Gasteiger partial charge in [-0.15, -0.1) is 11.3 Å². The van der Waals surface area contributed by atoms with E-state index in [-0.39, 0.29) is 0 Å². The van der Waals surface area contributed by atoms with Crippen molar-refractivity contribution in [3.63, 3.8) is 0 Å². The second kappa shape index (κ2) is 3.50. The second-order valence-corrected chi connectivity index (χ2v) is 4.73. The minimum absolute atomic E-state index is 0.793. The third-order valence-electron chi connectivity index (χ3n) is 2.46. The van der Waals surface area contributed by atoms with Gasteiger partial charge in [0.25, 0.3) is 0 Å². The summed E-state index contributed by atoms with van der Waals surface area (Å²) in [5.74, 6) is 0.793. The molecule has 0 amide bonds. The van der Waals surface area contributed by atoms with Crippen molar-refractivity contribution in [1.82, 2.24) is 0 Å². The SMILES string of the molecule is CC1CCN(c2ccc(C=O)s2)C1. The number of anilines is 1. The molecule has 1 aliphatic rings. The number of nitrogens with zero attached hydrogens (tertiary/aromatic N) is 1. The first-order chi connectivity index (χ1) is 6.29. The number of carbonyl (C=O) groups is 1. The lowest BCUT2D eigenvalue weighted by Gasteiger charge is -2.14. The highest BCUT2D eigenvalue weighted by Crippen LogP contribution is 2.29. The molecule has 1 aliphatic heterocycles. The van der Waals surface area contributed by atoms with E-state index in [1.165, 1.54) is 11.4 Å². The zero-order valence-electron chi connectivity index (χ0n) is 7.69. The van der Waals surface area contributed by atoms with E-state index in [1.54, 1.807) is 11.3 Å². The fourth-order valence-corrected chi connectivity index (χ4v) is 2.57. The van der Waals surface area contributed by atoms with Crippen molar-refractivity contribution in [2.24, 2.45) is 5.92 Å². The van der Waals surface area contributed by atoms with Crippen LogP contribution in [-0.2, 0) is 0 Å². The lowest BCUT2D eigenvalue weighted by atomic mass is 10.2. The molecule has 13 heavy (non-hydrogen) atoms. The normalized spacial score (nSPS) is 22.2. The maximum absolute atomic E-state index is 10.5. The van der Waals surface area contributed by atoms with E-state index in [9.17, 15) is 4.79 Å². The van der Waals surface area contributed by atoms with E-state index in [4.69, 9.17) is 0 Å². The Morgan fingerprint density at radius 2 is 2.46 bits per heavy atom. The third kappa shape index (κ3) is 1.75. The van der Waals surface area contributed by atoms with Crippen LogP contribution in [0.2, 0.25) is 0 Å². The van der Waals surface area contributed by atoms with E-state index >= 15 is 0 Å². The third-order valence-corrected chi connectivity index (χ3v) is 3.54. The molecule has 1 aromatic rings. The van der Waals surface area contributed by atoms with Gasteiger partial charge >= 0.3 is 0 Å². The first-order valence-corrected chi connectivity index (χ1v) is 5.41. The monoisotopic (exact) mass is 195 g/mol. The predicted molar refractivity (Wildman–Crippen MR) is 55.7 cm³/mol. The van der Waals surface area contributed by atoms with Crippen LogP contribution in [0.3, 0.4) is 0 Å². The molecule has 1 fully saturated rings. The largest absolute Gasteiger partial charge is 0.363 e. The average molecular weight is 195 g/mol. The molecule has 1 saturated heterocycles. The molecule has 0 aliphatic carbocycles. The summed E-state index contributed by atoms with van der Waals surface area (Å²) < 4.78 is 0. The number of rotatable bonds is 2. The Morgan fingerprint density at radius 1 is 1.62 bits per heavy atom. The van der Waals surface area contributed by atoms with E-state index in [2.05, 4.69) is 11.8 Å². The van der Waals surface area contributed by atoms with Crippen LogP contribution in [0.5, 0.6) is 0 Å². The van der Waals surface area contributed by atoms with E-state index in [0.29, 0.717) is 0 Å². The lowest BCUT2D eigenvalue weighted by molar-refractivity contribution is 0.112. The second-order valence-electron chi connectivity index (χ2n) is 3.63. The molecule has 1 aromatic heterocycles. The van der Waals surface area contributed by atoms with Crippen LogP contribution < -0.4 is 4.90 Å². The molecule has 2 rings (SSSR count). The standard InChI is InChI=1S/C10H13NOS/c1-8-4-5-11(6-8)10-3-2-9(7-12)13-10/h2-3,7-8H,4-6H2,1H3. The Balaban J connectivity index is 2.12. The van der Waals surface area contributed by atoms with Gasteiger partial charge in [0.05, 0.1) is 9.88 Å². The number of carbonyl (C=O) groups excluding carboxylic acids is 1. The summed E-state index contributed by atoms with van der Waals surface area (Å²) in [6.07, 6.45) is 2.20. The molecular weight excluding hydrogens is 182 g/mol. The van der Waals surface area contributed by atoms with Gasteiger partial charge in [-0.05, 0) is 24.5 Å². The molecule has 1 atom stereocenters. The fourth-order valence-electron chi connectivity index (χ4n) is 1.71. The van der Waals surface area contributed by atoms with Gasteiger partial charge in [-0.3, -0.25) is 4.79 Å². The maximum Gasteiger partial charge on any atom is 0.160 e. The first kappa shape index (κ1) is 8.75. The van der Waals surface area contributed by atoms with Crippen LogP contribution in [0, 0.1) is 5.92 Å². The Kier molecular flexibility index (Phi) is 2.36. The van der Waals surface area contributed by atoms with Gasteiger partial charge in [0.2, 0.25) is 0 Å². The molecule has 0 bridgehead atoms. The zero-order valence-corrected chi connectivity index (χ0v) is 8.51. The van der Waals surface area contributed by atoms with E-state index in [0.717, 1.165) is 30.2 Å². The van der Waals surface area contributed by atoms with Crippen LogP contribution in [-0.4, -0.2) is 19.4 Å². The molecule has 2 nitrogen and oxygen atoms in total. The highest BCUT2D eigenvalue weighted by Gasteiger charge is 2.19. The highest BCUT2D eigenvalue weighted by atomic mass is 32.1. The quantitative estimate of drug-likeness (QED) is 0.675. The predicted octanol–water partition coefficient (Wildman–Crippen LogP) is 2.41. The molecule has 2 heterocycles. The van der Waals surface area contributed by atoms with Gasteiger partial charge in [0.1, 0.15) is 0 Å². The van der Waals surface area contributed by atoms with E-state index < -0.39 is 0 Å². The lowest BCUT2D eigenvalue weighted by Crippen LogP contribution is -2.17. The van der Waals surface area contributed by atoms with Crippen molar-refractivity contribution in [1.29, 1.82) is 0 Å². The van der Waals surface area contributed by atoms with Crippen LogP contribution in [0.15, 0.2) is 12.1 Å². The average Bonchev–Trinajstić information content (AvgIpc) is 2.71. The minimum atomic E-state index is 0.793. The number of thiophene rings is 1. The van der Waals surface area contributed by atoms with Gasteiger partial charge in [-0.2, -0.15) is 0 Å². The summed E-state index contributed by atoms with van der Waals surface area (Å²) in [6, 6.07) is 3.95. The van der Waals surface area contributed by atoms with Crippen molar-refractivity contribution in [3.8, 4) is 0 Å². The van der Waals surface area contributed by atoms with Gasteiger partial charge in [-0.1, -0.05) is 6.92 Å². The molecule has 1 unspecified atom stereocenters. The van der Waals surface area contributed by atoms with E-state index in [1.807, 2.05) is 12.1 Å². The zero-order chi connectivity index (χ0) is 9.26. The molecule has 3 heteroatoms. The fraction of sp³-hybridized carbons (Fsp3) is 0.500. The van der Waals surface area contributed by atoms with Crippen molar-refractivity contribution < 1.29 is 4.79 Å². The summed E-state index contributed by atoms with van der Waals surface area (Å²) in [5.41, 5.74) is 0. The van der Waals surface area contributed by atoms with Crippen molar-refractivity contribution in [3.05, 3.63) is 17.0 Å². The molecule has 0 saturated carbocycles. The minimum Gasteiger partial charge on any atom is -0.363 e. The first-order valence-electron chi connectivity index (χ1n) is 4.59. The van der Waals surface area contributed by atoms with Crippen molar-refractivity contribution >= 4 is 22.6 Å². The van der Waals surface area contributed by atoms with Gasteiger partial charge in [0, 0.05) is 13.1 Å². The van der Waals surface area contributed by atoms with Crippen molar-refractivity contribution in [2.45, 2.75) is 13.3 Å². The summed E-state index contributed by atoms with van der Waals surface area (Å²) in [4.78, 5) is 13.7. The van der Waals surface area contributed by atoms with Gasteiger partial charge in [0.15, 0.2) is 6.29 Å². The number of aldehydes is 1. The van der Waals surface area contributed by atoms with Crippen LogP contribution in [0.4, 0.5) is 5.00 Å². The Morgan fingerprint density at radius 3 is 3.00 bits per heavy atom. The molecule has 0 aromatic carbocycles. The summed E-state index contributed by atoms with van der Waals surface area (Å²) in [7, 11) is 0. The van der Waals surface area contributed by atoms with Crippen LogP contribution in [0.1, 0.15) is 23.0 Å². The Hall–Kier alpha value is -0.830. The molecule has 0 N–H and O–H groups in total. The maximum atomic E-state index is 10.5. The van der Waals surface area contributed by atoms with Gasteiger partial charge < -0.3 is 4.90 Å². The molecule has 70 valence electrons. The summed E-state index contributed by atoms with van der Waals surface area (Å²) in [5, 5.41) is 1.24. The van der Waals surface area contributed by atoms with Gasteiger partial charge in [-0.25, -0.2) is 0 Å². The van der Waals surface area contributed by atoms with Crippen molar-refractivity contribution in [2.75, 3.05) is 18.0 Å². The molecular formula is C10H13NOS. The topological polar surface area (TPSA) is 20.3 Å². The summed E-state index contributed by atoms with van der Waals surface area (Å²) in [6.45, 7) is 4.55. The Labute approximate surface area is 82.2 Å². The Bertz CT molecular complexity index is 308. The highest BCUT2D eigenvalue weighted by molar-refractivity contribution is 7.17. The molecule has 0 radical (unpaired) electrons. The number of hydrogen-bond acceptors (Lipinski definition) is 3. The van der Waals surface area contributed by atoms with Crippen LogP contribution >= 0.6 is 11.3 Å². The summed E-state index contributed by atoms with van der Waals surface area (Å²) >= 11 is 1.59. The number of hydrogen-bond donors (Lipinski definition) is 0. The molecule has 0 spiro atoms. The smallest absolute Gasteiger partial charge is 0.160 e.